The zero-order chi connectivity index (χ0) is 14.7. The molecule has 0 aliphatic carbocycles. The van der Waals surface area contributed by atoms with Crippen LogP contribution >= 0.6 is 0 Å². The van der Waals surface area contributed by atoms with E-state index in [1.54, 1.807) is 38.1 Å². The first-order valence-electron chi connectivity index (χ1n) is 6.05. The van der Waals surface area contributed by atoms with Crippen LogP contribution in [0.25, 0.3) is 0 Å². The fourth-order valence-electron chi connectivity index (χ4n) is 1.77. The molecule has 1 N–H and O–H groups in total. The first-order valence-corrected chi connectivity index (χ1v) is 6.05. The topological polar surface area (TPSA) is 85.5 Å². The lowest BCUT2D eigenvalue weighted by Crippen LogP contribution is -1.98. The Morgan fingerprint density at radius 2 is 2.10 bits per heavy atom. The maximum Gasteiger partial charge on any atom is 0.314 e. The first-order chi connectivity index (χ1) is 9.49. The Balaban J connectivity index is 2.30. The van der Waals surface area contributed by atoms with Crippen LogP contribution in [0.4, 0.5) is 5.69 Å². The molecule has 0 saturated carbocycles. The number of para-hydroxylation sites is 1. The van der Waals surface area contributed by atoms with Crippen molar-refractivity contribution in [2.45, 2.75) is 20.0 Å². The van der Waals surface area contributed by atoms with E-state index in [-0.39, 0.29) is 11.4 Å². The Labute approximate surface area is 115 Å². The highest BCUT2D eigenvalue weighted by Gasteiger charge is 2.18. The molecule has 0 bridgehead atoms. The maximum absolute atomic E-state index is 11.1. The monoisotopic (exact) mass is 274 g/mol. The van der Waals surface area contributed by atoms with Gasteiger partial charge in [0.1, 0.15) is 5.75 Å². The van der Waals surface area contributed by atoms with Gasteiger partial charge in [0.2, 0.25) is 5.75 Å². The third kappa shape index (κ3) is 2.92. The number of nitro benzene ring substituents is 1. The number of hydrogen-bond donors (Lipinski definition) is 1. The molecule has 0 radical (unpaired) electrons. The second-order valence-electron chi connectivity index (χ2n) is 4.38. The van der Waals surface area contributed by atoms with Crippen molar-refractivity contribution in [3.63, 3.8) is 0 Å². The summed E-state index contributed by atoms with van der Waals surface area (Å²) in [7, 11) is 0. The summed E-state index contributed by atoms with van der Waals surface area (Å²) >= 11 is 0. The van der Waals surface area contributed by atoms with Crippen LogP contribution < -0.4 is 4.74 Å². The number of nitrogens with zero attached hydrogens (tertiary/aromatic N) is 2. The highest BCUT2D eigenvalue weighted by atomic mass is 16.6. The van der Waals surface area contributed by atoms with Crippen LogP contribution in [-0.2, 0) is 0 Å². The van der Waals surface area contributed by atoms with Gasteiger partial charge in [0.05, 0.1) is 22.9 Å². The van der Waals surface area contributed by atoms with Crippen LogP contribution in [0.2, 0.25) is 0 Å². The van der Waals surface area contributed by atoms with Crippen LogP contribution in [0, 0.1) is 17.0 Å². The Hall–Kier alpha value is -2.47. The molecule has 0 fully saturated rings. The minimum Gasteiger partial charge on any atom is -0.448 e. The number of rotatable bonds is 4. The highest BCUT2D eigenvalue weighted by Crippen LogP contribution is 2.33. The molecule has 6 heteroatoms. The van der Waals surface area contributed by atoms with E-state index in [0.717, 1.165) is 0 Å². The van der Waals surface area contributed by atoms with Crippen LogP contribution in [0.1, 0.15) is 24.3 Å². The standard InChI is InChI=1S/C14H14N2O4/c1-9-4-3-5-13(14(9)16(18)19)20-11-6-7-12(10(2)17)15-8-11/h3-8,10,17H,1-2H3. The van der Waals surface area contributed by atoms with E-state index in [1.165, 1.54) is 12.3 Å². The lowest BCUT2D eigenvalue weighted by molar-refractivity contribution is -0.386. The summed E-state index contributed by atoms with van der Waals surface area (Å²) < 4.78 is 5.50. The quantitative estimate of drug-likeness (QED) is 0.683. The summed E-state index contributed by atoms with van der Waals surface area (Å²) in [5.41, 5.74) is 0.976. The Morgan fingerprint density at radius 3 is 2.65 bits per heavy atom. The fourth-order valence-corrected chi connectivity index (χ4v) is 1.77. The Bertz CT molecular complexity index is 624. The van der Waals surface area contributed by atoms with Crippen molar-refractivity contribution in [2.24, 2.45) is 0 Å². The number of ether oxygens (including phenoxy) is 1. The third-order valence-corrected chi connectivity index (χ3v) is 2.80. The predicted octanol–water partition coefficient (Wildman–Crippen LogP) is 3.14. The van der Waals surface area contributed by atoms with Gasteiger partial charge < -0.3 is 9.84 Å². The van der Waals surface area contributed by atoms with Gasteiger partial charge in [0.25, 0.3) is 0 Å². The molecular weight excluding hydrogens is 260 g/mol. The minimum atomic E-state index is -0.669. The van der Waals surface area contributed by atoms with Gasteiger partial charge in [0.15, 0.2) is 0 Å². The summed E-state index contributed by atoms with van der Waals surface area (Å²) in [6.07, 6.45) is 0.756. The number of aliphatic hydroxyl groups excluding tert-OH is 1. The smallest absolute Gasteiger partial charge is 0.314 e. The van der Waals surface area contributed by atoms with Crippen molar-refractivity contribution in [3.05, 3.63) is 57.9 Å². The number of hydrogen-bond acceptors (Lipinski definition) is 5. The van der Waals surface area contributed by atoms with Crippen molar-refractivity contribution in [2.75, 3.05) is 0 Å². The van der Waals surface area contributed by atoms with E-state index in [9.17, 15) is 15.2 Å². The summed E-state index contributed by atoms with van der Waals surface area (Å²) in [5, 5.41) is 20.4. The summed E-state index contributed by atoms with van der Waals surface area (Å²) in [6.45, 7) is 3.26. The number of benzene rings is 1. The second-order valence-corrected chi connectivity index (χ2v) is 4.38. The van der Waals surface area contributed by atoms with Gasteiger partial charge >= 0.3 is 5.69 Å². The molecule has 1 aromatic carbocycles. The van der Waals surface area contributed by atoms with Gasteiger partial charge in [-0.3, -0.25) is 15.1 Å². The van der Waals surface area contributed by atoms with E-state index in [2.05, 4.69) is 4.98 Å². The van der Waals surface area contributed by atoms with Crippen LogP contribution in [0.3, 0.4) is 0 Å². The van der Waals surface area contributed by atoms with E-state index < -0.39 is 11.0 Å². The molecule has 0 aliphatic rings. The van der Waals surface area contributed by atoms with Crippen molar-refractivity contribution in [3.8, 4) is 11.5 Å². The molecular formula is C14H14N2O4. The van der Waals surface area contributed by atoms with Gasteiger partial charge in [-0.05, 0) is 32.0 Å². The largest absolute Gasteiger partial charge is 0.448 e. The zero-order valence-electron chi connectivity index (χ0n) is 11.1. The molecule has 2 aromatic rings. The fraction of sp³-hybridized carbons (Fsp3) is 0.214. The molecule has 0 amide bonds. The zero-order valence-corrected chi connectivity index (χ0v) is 11.1. The average molecular weight is 274 g/mol. The van der Waals surface area contributed by atoms with Gasteiger partial charge in [-0.1, -0.05) is 12.1 Å². The number of aromatic nitrogens is 1. The third-order valence-electron chi connectivity index (χ3n) is 2.80. The van der Waals surface area contributed by atoms with Crippen molar-refractivity contribution in [1.82, 2.24) is 4.98 Å². The number of pyridine rings is 1. The SMILES string of the molecule is Cc1cccc(Oc2ccc(C(C)O)nc2)c1[N+](=O)[O-]. The van der Waals surface area contributed by atoms with Gasteiger partial charge in [-0.15, -0.1) is 0 Å². The molecule has 0 aliphatic heterocycles. The van der Waals surface area contributed by atoms with Crippen molar-refractivity contribution in [1.29, 1.82) is 0 Å². The molecule has 2 rings (SSSR count). The van der Waals surface area contributed by atoms with Gasteiger partial charge in [-0.2, -0.15) is 0 Å². The van der Waals surface area contributed by atoms with E-state index in [0.29, 0.717) is 17.0 Å². The van der Waals surface area contributed by atoms with E-state index in [1.807, 2.05) is 0 Å². The van der Waals surface area contributed by atoms with Crippen LogP contribution in [0.5, 0.6) is 11.5 Å². The molecule has 1 unspecified atom stereocenters. The van der Waals surface area contributed by atoms with E-state index >= 15 is 0 Å². The van der Waals surface area contributed by atoms with Crippen molar-refractivity contribution >= 4 is 5.69 Å². The molecule has 20 heavy (non-hydrogen) atoms. The van der Waals surface area contributed by atoms with E-state index in [4.69, 9.17) is 4.74 Å². The molecule has 0 spiro atoms. The van der Waals surface area contributed by atoms with Crippen molar-refractivity contribution < 1.29 is 14.8 Å². The summed E-state index contributed by atoms with van der Waals surface area (Å²) in [4.78, 5) is 14.6. The van der Waals surface area contributed by atoms with Crippen LogP contribution in [-0.4, -0.2) is 15.0 Å². The van der Waals surface area contributed by atoms with Gasteiger partial charge in [0, 0.05) is 5.56 Å². The minimum absolute atomic E-state index is 0.0629. The molecule has 104 valence electrons. The highest BCUT2D eigenvalue weighted by molar-refractivity contribution is 5.53. The summed E-state index contributed by atoms with van der Waals surface area (Å²) in [6, 6.07) is 8.10. The normalized spacial score (nSPS) is 11.9. The number of aliphatic hydroxyl groups is 1. The van der Waals surface area contributed by atoms with Crippen LogP contribution in [0.15, 0.2) is 36.5 Å². The van der Waals surface area contributed by atoms with Gasteiger partial charge in [-0.25, -0.2) is 0 Å². The molecule has 0 saturated heterocycles. The predicted molar refractivity (Wildman–Crippen MR) is 72.8 cm³/mol. The number of nitro groups is 1. The number of aryl methyl sites for hydroxylation is 1. The molecule has 6 nitrogen and oxygen atoms in total. The lowest BCUT2D eigenvalue weighted by atomic mass is 10.2. The first kappa shape index (κ1) is 14.0. The average Bonchev–Trinajstić information content (AvgIpc) is 2.39. The Kier molecular flexibility index (Phi) is 3.95. The Morgan fingerprint density at radius 1 is 1.35 bits per heavy atom. The maximum atomic E-state index is 11.1. The molecule has 1 aromatic heterocycles. The second kappa shape index (κ2) is 5.66. The summed E-state index contributed by atoms with van der Waals surface area (Å²) in [5.74, 6) is 0.546. The molecule has 1 atom stereocenters. The lowest BCUT2D eigenvalue weighted by Gasteiger charge is -2.08. The molecule has 1 heterocycles.